The molecule has 3 nitrogen and oxygen atoms in total. The van der Waals surface area contributed by atoms with Crippen LogP contribution in [0.1, 0.15) is 12.8 Å². The number of pyridine rings is 1. The quantitative estimate of drug-likeness (QED) is 0.727. The number of aromatic nitrogens is 1. The summed E-state index contributed by atoms with van der Waals surface area (Å²) >= 11 is 0. The summed E-state index contributed by atoms with van der Waals surface area (Å²) < 4.78 is 0. The molecular weight excluding hydrogens is 200 g/mol. The molecule has 0 spiro atoms. The van der Waals surface area contributed by atoms with Crippen LogP contribution in [0.25, 0.3) is 10.9 Å². The van der Waals surface area contributed by atoms with E-state index in [-0.39, 0.29) is 5.91 Å². The lowest BCUT2D eigenvalue weighted by molar-refractivity contribution is -0.117. The highest BCUT2D eigenvalue weighted by molar-refractivity contribution is 6.03. The maximum atomic E-state index is 11.7. The van der Waals surface area contributed by atoms with Gasteiger partial charge in [0.05, 0.1) is 11.2 Å². The summed E-state index contributed by atoms with van der Waals surface area (Å²) in [7, 11) is 0. The third-order valence-electron chi connectivity index (χ3n) is 2.99. The summed E-state index contributed by atoms with van der Waals surface area (Å²) in [6.45, 7) is 0.826. The van der Waals surface area contributed by atoms with Gasteiger partial charge in [-0.3, -0.25) is 9.78 Å². The molecule has 1 aliphatic rings. The Morgan fingerprint density at radius 1 is 1.19 bits per heavy atom. The highest BCUT2D eigenvalue weighted by atomic mass is 16.2. The van der Waals surface area contributed by atoms with Gasteiger partial charge in [0.1, 0.15) is 0 Å². The summed E-state index contributed by atoms with van der Waals surface area (Å²) in [4.78, 5) is 17.9. The average Bonchev–Trinajstić information content (AvgIpc) is 2.75. The zero-order valence-corrected chi connectivity index (χ0v) is 8.89. The number of hydrogen-bond donors (Lipinski definition) is 0. The molecule has 0 bridgehead atoms. The molecule has 0 radical (unpaired) electrons. The summed E-state index contributed by atoms with van der Waals surface area (Å²) in [6, 6.07) is 9.85. The maximum absolute atomic E-state index is 11.7. The van der Waals surface area contributed by atoms with Gasteiger partial charge in [-0.05, 0) is 30.7 Å². The predicted molar refractivity (Wildman–Crippen MR) is 63.3 cm³/mol. The van der Waals surface area contributed by atoms with Gasteiger partial charge in [0, 0.05) is 24.5 Å². The Labute approximate surface area is 93.7 Å². The molecule has 2 heterocycles. The van der Waals surface area contributed by atoms with E-state index in [4.69, 9.17) is 0 Å². The topological polar surface area (TPSA) is 33.2 Å². The van der Waals surface area contributed by atoms with E-state index < -0.39 is 0 Å². The second kappa shape index (κ2) is 3.59. The van der Waals surface area contributed by atoms with Crippen molar-refractivity contribution in [1.82, 2.24) is 4.98 Å². The van der Waals surface area contributed by atoms with Crippen molar-refractivity contribution in [2.24, 2.45) is 0 Å². The molecule has 1 aliphatic heterocycles. The SMILES string of the molecule is O=C1CCCN1c1cccc2ncccc12. The van der Waals surface area contributed by atoms with E-state index >= 15 is 0 Å². The van der Waals surface area contributed by atoms with E-state index in [0.29, 0.717) is 6.42 Å². The van der Waals surface area contributed by atoms with E-state index in [9.17, 15) is 4.79 Å². The Balaban J connectivity index is 2.19. The standard InChI is InChI=1S/C13H12N2O/c16-13-7-3-9-15(13)12-6-1-5-11-10(12)4-2-8-14-11/h1-2,4-6,8H,3,7,9H2. The van der Waals surface area contributed by atoms with E-state index in [1.807, 2.05) is 35.2 Å². The van der Waals surface area contributed by atoms with Crippen molar-refractivity contribution in [3.63, 3.8) is 0 Å². The molecule has 1 aromatic carbocycles. The van der Waals surface area contributed by atoms with Crippen LogP contribution in [0.2, 0.25) is 0 Å². The van der Waals surface area contributed by atoms with E-state index in [2.05, 4.69) is 4.98 Å². The molecular formula is C13H12N2O. The molecule has 0 aliphatic carbocycles. The van der Waals surface area contributed by atoms with Crippen LogP contribution in [0, 0.1) is 0 Å². The third kappa shape index (κ3) is 1.36. The number of carbonyl (C=O) groups excluding carboxylic acids is 1. The van der Waals surface area contributed by atoms with Gasteiger partial charge < -0.3 is 4.90 Å². The van der Waals surface area contributed by atoms with Gasteiger partial charge in [-0.25, -0.2) is 0 Å². The second-order valence-corrected chi connectivity index (χ2v) is 4.00. The fourth-order valence-electron chi connectivity index (χ4n) is 2.23. The summed E-state index contributed by atoms with van der Waals surface area (Å²) in [6.07, 6.45) is 3.39. The van der Waals surface area contributed by atoms with Gasteiger partial charge in [0.25, 0.3) is 0 Å². The van der Waals surface area contributed by atoms with E-state index in [1.54, 1.807) is 6.20 Å². The molecule has 0 atom stereocenters. The van der Waals surface area contributed by atoms with E-state index in [0.717, 1.165) is 29.6 Å². The van der Waals surface area contributed by atoms with Crippen LogP contribution in [0.5, 0.6) is 0 Å². The molecule has 3 heteroatoms. The molecule has 80 valence electrons. The van der Waals surface area contributed by atoms with Crippen molar-refractivity contribution in [3.05, 3.63) is 36.5 Å². The molecule has 16 heavy (non-hydrogen) atoms. The lowest BCUT2D eigenvalue weighted by atomic mass is 10.1. The Morgan fingerprint density at radius 3 is 2.94 bits per heavy atom. The van der Waals surface area contributed by atoms with Gasteiger partial charge in [-0.2, -0.15) is 0 Å². The summed E-state index contributed by atoms with van der Waals surface area (Å²) in [5, 5.41) is 1.06. The monoisotopic (exact) mass is 212 g/mol. The number of nitrogens with zero attached hydrogens (tertiary/aromatic N) is 2. The molecule has 3 rings (SSSR count). The average molecular weight is 212 g/mol. The lowest BCUT2D eigenvalue weighted by Crippen LogP contribution is -2.23. The third-order valence-corrected chi connectivity index (χ3v) is 2.99. The summed E-state index contributed by atoms with van der Waals surface area (Å²) in [5.41, 5.74) is 1.94. The number of fused-ring (bicyclic) bond motifs is 1. The van der Waals surface area contributed by atoms with Gasteiger partial charge >= 0.3 is 0 Å². The fraction of sp³-hybridized carbons (Fsp3) is 0.231. The van der Waals surface area contributed by atoms with Gasteiger partial charge in [-0.1, -0.05) is 6.07 Å². The number of benzene rings is 1. The highest BCUT2D eigenvalue weighted by Gasteiger charge is 2.22. The van der Waals surface area contributed by atoms with Crippen LogP contribution in [-0.4, -0.2) is 17.4 Å². The van der Waals surface area contributed by atoms with E-state index in [1.165, 1.54) is 0 Å². The zero-order valence-electron chi connectivity index (χ0n) is 8.89. The van der Waals surface area contributed by atoms with Crippen molar-refractivity contribution in [1.29, 1.82) is 0 Å². The van der Waals surface area contributed by atoms with Crippen LogP contribution < -0.4 is 4.90 Å². The molecule has 1 amide bonds. The minimum atomic E-state index is 0.219. The minimum absolute atomic E-state index is 0.219. The van der Waals surface area contributed by atoms with Crippen LogP contribution in [0.4, 0.5) is 5.69 Å². The molecule has 1 aromatic heterocycles. The first kappa shape index (κ1) is 9.33. The molecule has 2 aromatic rings. The number of amides is 1. The van der Waals surface area contributed by atoms with Crippen molar-refractivity contribution >= 4 is 22.5 Å². The first-order valence-corrected chi connectivity index (χ1v) is 5.50. The van der Waals surface area contributed by atoms with Crippen molar-refractivity contribution in [2.75, 3.05) is 11.4 Å². The Hall–Kier alpha value is -1.90. The van der Waals surface area contributed by atoms with Crippen molar-refractivity contribution < 1.29 is 4.79 Å². The maximum Gasteiger partial charge on any atom is 0.227 e. The lowest BCUT2D eigenvalue weighted by Gasteiger charge is -2.17. The smallest absolute Gasteiger partial charge is 0.227 e. The number of anilines is 1. The normalized spacial score (nSPS) is 16.0. The predicted octanol–water partition coefficient (Wildman–Crippen LogP) is 2.36. The van der Waals surface area contributed by atoms with Crippen LogP contribution >= 0.6 is 0 Å². The molecule has 1 fully saturated rings. The molecule has 1 saturated heterocycles. The summed E-state index contributed by atoms with van der Waals surface area (Å²) in [5.74, 6) is 0.219. The van der Waals surface area contributed by atoms with Gasteiger partial charge in [0.15, 0.2) is 0 Å². The zero-order chi connectivity index (χ0) is 11.0. The minimum Gasteiger partial charge on any atom is -0.312 e. The van der Waals surface area contributed by atoms with Gasteiger partial charge in [-0.15, -0.1) is 0 Å². The van der Waals surface area contributed by atoms with Crippen LogP contribution in [0.15, 0.2) is 36.5 Å². The Kier molecular flexibility index (Phi) is 2.10. The Morgan fingerprint density at radius 2 is 2.12 bits per heavy atom. The molecule has 0 saturated carbocycles. The Bertz CT molecular complexity index is 545. The first-order valence-electron chi connectivity index (χ1n) is 5.50. The van der Waals surface area contributed by atoms with Crippen LogP contribution in [-0.2, 0) is 4.79 Å². The number of rotatable bonds is 1. The van der Waals surface area contributed by atoms with Crippen molar-refractivity contribution in [2.45, 2.75) is 12.8 Å². The largest absolute Gasteiger partial charge is 0.312 e. The number of hydrogen-bond acceptors (Lipinski definition) is 2. The van der Waals surface area contributed by atoms with Crippen LogP contribution in [0.3, 0.4) is 0 Å². The first-order chi connectivity index (χ1) is 7.86. The second-order valence-electron chi connectivity index (χ2n) is 4.00. The highest BCUT2D eigenvalue weighted by Crippen LogP contribution is 2.28. The van der Waals surface area contributed by atoms with Gasteiger partial charge in [0.2, 0.25) is 5.91 Å². The van der Waals surface area contributed by atoms with Crippen molar-refractivity contribution in [3.8, 4) is 0 Å². The number of carbonyl (C=O) groups is 1. The molecule has 0 N–H and O–H groups in total. The molecule has 0 unspecified atom stereocenters. The fourth-order valence-corrected chi connectivity index (χ4v) is 2.23.